The lowest BCUT2D eigenvalue weighted by Crippen LogP contribution is -2.31. The van der Waals surface area contributed by atoms with Crippen molar-refractivity contribution in [2.24, 2.45) is 0 Å². The van der Waals surface area contributed by atoms with Gasteiger partial charge in [-0.3, -0.25) is 9.78 Å². The second-order valence-corrected chi connectivity index (χ2v) is 4.77. The fourth-order valence-corrected chi connectivity index (χ4v) is 2.10. The highest BCUT2D eigenvalue weighted by atomic mass is 16.3. The van der Waals surface area contributed by atoms with Gasteiger partial charge in [0, 0.05) is 25.0 Å². The van der Waals surface area contributed by atoms with Crippen molar-refractivity contribution in [1.82, 2.24) is 9.88 Å². The van der Waals surface area contributed by atoms with E-state index in [9.17, 15) is 4.79 Å². The van der Waals surface area contributed by atoms with Crippen LogP contribution in [0.15, 0.2) is 34.9 Å². The maximum atomic E-state index is 12.3. The summed E-state index contributed by atoms with van der Waals surface area (Å²) in [4.78, 5) is 18.2. The Morgan fingerprint density at radius 1 is 1.29 bits per heavy atom. The molecule has 0 fully saturated rings. The van der Waals surface area contributed by atoms with Gasteiger partial charge in [0.15, 0.2) is 0 Å². The molecule has 2 heterocycles. The topological polar surface area (TPSA) is 58.4 Å². The van der Waals surface area contributed by atoms with Crippen molar-refractivity contribution in [2.75, 3.05) is 18.4 Å². The molecule has 0 aliphatic heterocycles. The summed E-state index contributed by atoms with van der Waals surface area (Å²) in [6, 6.07) is 7.48. The summed E-state index contributed by atoms with van der Waals surface area (Å²) >= 11 is 0. The monoisotopic (exact) mass is 287 g/mol. The number of pyridine rings is 1. The Bertz CT molecular complexity index is 603. The molecule has 0 atom stereocenters. The Kier molecular flexibility index (Phi) is 4.98. The number of carbonyl (C=O) groups excluding carboxylic acids is 1. The molecule has 1 N–H and O–H groups in total. The quantitative estimate of drug-likeness (QED) is 0.887. The van der Waals surface area contributed by atoms with Crippen molar-refractivity contribution in [3.8, 4) is 0 Å². The smallest absolute Gasteiger partial charge is 0.272 e. The van der Waals surface area contributed by atoms with Gasteiger partial charge >= 0.3 is 0 Å². The molecule has 0 bridgehead atoms. The first kappa shape index (κ1) is 15.1. The van der Waals surface area contributed by atoms with Crippen LogP contribution in [-0.4, -0.2) is 28.9 Å². The predicted molar refractivity (Wildman–Crippen MR) is 82.3 cm³/mol. The molecule has 0 aromatic carbocycles. The first-order valence-corrected chi connectivity index (χ1v) is 7.18. The van der Waals surface area contributed by atoms with Crippen molar-refractivity contribution >= 4 is 11.6 Å². The normalized spacial score (nSPS) is 10.4. The number of furan rings is 1. The van der Waals surface area contributed by atoms with E-state index < -0.39 is 0 Å². The Morgan fingerprint density at radius 3 is 2.67 bits per heavy atom. The molecule has 0 spiro atoms. The van der Waals surface area contributed by atoms with Gasteiger partial charge in [-0.1, -0.05) is 0 Å². The third kappa shape index (κ3) is 3.84. The second kappa shape index (κ2) is 6.92. The van der Waals surface area contributed by atoms with Crippen LogP contribution in [0.3, 0.4) is 0 Å². The molecule has 0 saturated carbocycles. The first-order chi connectivity index (χ1) is 10.1. The van der Waals surface area contributed by atoms with E-state index in [4.69, 9.17) is 4.42 Å². The van der Waals surface area contributed by atoms with Crippen LogP contribution in [0.25, 0.3) is 0 Å². The summed E-state index contributed by atoms with van der Waals surface area (Å²) in [6.45, 7) is 7.78. The van der Waals surface area contributed by atoms with Crippen LogP contribution in [0.5, 0.6) is 0 Å². The fraction of sp³-hybridized carbons (Fsp3) is 0.375. The highest BCUT2D eigenvalue weighted by Crippen LogP contribution is 2.13. The average molecular weight is 287 g/mol. The van der Waals surface area contributed by atoms with Gasteiger partial charge in [0.25, 0.3) is 5.91 Å². The zero-order chi connectivity index (χ0) is 15.2. The molecule has 0 saturated heterocycles. The Morgan fingerprint density at radius 2 is 2.05 bits per heavy atom. The largest absolute Gasteiger partial charge is 0.465 e. The number of hydrogen-bond donors (Lipinski definition) is 1. The molecule has 5 heteroatoms. The van der Waals surface area contributed by atoms with Gasteiger partial charge in [0.05, 0.1) is 6.54 Å². The van der Waals surface area contributed by atoms with Gasteiger partial charge < -0.3 is 14.6 Å². The van der Waals surface area contributed by atoms with Gasteiger partial charge in [-0.15, -0.1) is 0 Å². The Labute approximate surface area is 125 Å². The van der Waals surface area contributed by atoms with Gasteiger partial charge in [-0.25, -0.2) is 0 Å². The third-order valence-electron chi connectivity index (χ3n) is 3.29. The number of anilines is 1. The lowest BCUT2D eigenvalue weighted by molar-refractivity contribution is 0.0767. The maximum absolute atomic E-state index is 12.3. The minimum absolute atomic E-state index is 0.0440. The molecule has 0 unspecified atom stereocenters. The number of nitrogens with one attached hydrogen (secondary N) is 1. The SMILES string of the molecule is CCN(CC)C(=O)c1cc(NCc2ccc(C)o2)ccn1. The minimum atomic E-state index is -0.0440. The number of aromatic nitrogens is 1. The first-order valence-electron chi connectivity index (χ1n) is 7.18. The van der Waals surface area contributed by atoms with E-state index in [2.05, 4.69) is 10.3 Å². The maximum Gasteiger partial charge on any atom is 0.272 e. The average Bonchev–Trinajstić information content (AvgIpc) is 2.92. The van der Waals surface area contributed by atoms with E-state index in [1.165, 1.54) is 0 Å². The molecule has 0 aliphatic carbocycles. The molecule has 21 heavy (non-hydrogen) atoms. The van der Waals surface area contributed by atoms with Crippen LogP contribution in [0.2, 0.25) is 0 Å². The molecule has 112 valence electrons. The minimum Gasteiger partial charge on any atom is -0.465 e. The summed E-state index contributed by atoms with van der Waals surface area (Å²) in [6.07, 6.45) is 1.65. The number of nitrogens with zero attached hydrogens (tertiary/aromatic N) is 2. The summed E-state index contributed by atoms with van der Waals surface area (Å²) in [5, 5.41) is 3.24. The molecule has 0 radical (unpaired) electrons. The third-order valence-corrected chi connectivity index (χ3v) is 3.29. The van der Waals surface area contributed by atoms with E-state index >= 15 is 0 Å². The van der Waals surface area contributed by atoms with Crippen LogP contribution < -0.4 is 5.32 Å². The molecule has 2 aromatic heterocycles. The Hall–Kier alpha value is -2.30. The summed E-state index contributed by atoms with van der Waals surface area (Å²) in [5.74, 6) is 1.71. The molecule has 2 aromatic rings. The number of carbonyl (C=O) groups is 1. The van der Waals surface area contributed by atoms with Crippen molar-refractivity contribution < 1.29 is 9.21 Å². The number of aryl methyl sites for hydroxylation is 1. The van der Waals surface area contributed by atoms with Gasteiger partial charge in [0.2, 0.25) is 0 Å². The van der Waals surface area contributed by atoms with E-state index in [-0.39, 0.29) is 5.91 Å². The van der Waals surface area contributed by atoms with Crippen LogP contribution in [0.4, 0.5) is 5.69 Å². The van der Waals surface area contributed by atoms with Crippen LogP contribution in [0, 0.1) is 6.92 Å². The molecule has 2 rings (SSSR count). The van der Waals surface area contributed by atoms with E-state index in [0.29, 0.717) is 25.3 Å². The standard InChI is InChI=1S/C16H21N3O2/c1-4-19(5-2)16(20)15-10-13(8-9-17-15)18-11-14-7-6-12(3)21-14/h6-10H,4-5,11H2,1-3H3,(H,17,18). The zero-order valence-corrected chi connectivity index (χ0v) is 12.7. The van der Waals surface area contributed by atoms with Crippen molar-refractivity contribution in [2.45, 2.75) is 27.3 Å². The van der Waals surface area contributed by atoms with Crippen LogP contribution >= 0.6 is 0 Å². The lowest BCUT2D eigenvalue weighted by atomic mass is 10.2. The molecular formula is C16H21N3O2. The molecule has 1 amide bonds. The van der Waals surface area contributed by atoms with Gasteiger partial charge in [-0.05, 0) is 45.0 Å². The highest BCUT2D eigenvalue weighted by molar-refractivity contribution is 5.93. The van der Waals surface area contributed by atoms with Crippen LogP contribution in [-0.2, 0) is 6.54 Å². The predicted octanol–water partition coefficient (Wildman–Crippen LogP) is 3.08. The zero-order valence-electron chi connectivity index (χ0n) is 12.7. The van der Waals surface area contributed by atoms with Crippen LogP contribution in [0.1, 0.15) is 35.9 Å². The van der Waals surface area contributed by atoms with E-state index in [1.54, 1.807) is 17.2 Å². The van der Waals surface area contributed by atoms with Crippen molar-refractivity contribution in [1.29, 1.82) is 0 Å². The van der Waals surface area contributed by atoms with Crippen molar-refractivity contribution in [3.05, 3.63) is 47.7 Å². The van der Waals surface area contributed by atoms with E-state index in [1.807, 2.05) is 39.0 Å². The highest BCUT2D eigenvalue weighted by Gasteiger charge is 2.14. The summed E-state index contributed by atoms with van der Waals surface area (Å²) in [7, 11) is 0. The molecule has 0 aliphatic rings. The summed E-state index contributed by atoms with van der Waals surface area (Å²) in [5.41, 5.74) is 1.31. The lowest BCUT2D eigenvalue weighted by Gasteiger charge is -2.18. The number of hydrogen-bond acceptors (Lipinski definition) is 4. The number of amides is 1. The van der Waals surface area contributed by atoms with Gasteiger partial charge in [0.1, 0.15) is 17.2 Å². The van der Waals surface area contributed by atoms with Crippen molar-refractivity contribution in [3.63, 3.8) is 0 Å². The van der Waals surface area contributed by atoms with Gasteiger partial charge in [-0.2, -0.15) is 0 Å². The molecular weight excluding hydrogens is 266 g/mol. The van der Waals surface area contributed by atoms with E-state index in [0.717, 1.165) is 17.2 Å². The second-order valence-electron chi connectivity index (χ2n) is 4.77. The fourth-order valence-electron chi connectivity index (χ4n) is 2.10. The number of rotatable bonds is 6. The Balaban J connectivity index is 2.05. The molecule has 5 nitrogen and oxygen atoms in total. The summed E-state index contributed by atoms with van der Waals surface area (Å²) < 4.78 is 5.50.